The number of H-pyrrole nitrogens is 1. The predicted octanol–water partition coefficient (Wildman–Crippen LogP) is 3.54. The molecule has 7 heteroatoms. The second-order valence-electron chi connectivity index (χ2n) is 6.88. The number of benzene rings is 1. The second kappa shape index (κ2) is 7.98. The number of carbonyl (C=O) groups excluding carboxylic acids is 2. The first-order valence-corrected chi connectivity index (χ1v) is 9.38. The van der Waals surface area contributed by atoms with Gasteiger partial charge in [-0.1, -0.05) is 13.8 Å². The fourth-order valence-electron chi connectivity index (χ4n) is 3.38. The van der Waals surface area contributed by atoms with Crippen molar-refractivity contribution >= 4 is 34.8 Å². The van der Waals surface area contributed by atoms with E-state index in [1.54, 1.807) is 12.1 Å². The van der Waals surface area contributed by atoms with Gasteiger partial charge in [0, 0.05) is 22.6 Å². The minimum absolute atomic E-state index is 0.0841. The molecule has 2 heterocycles. The summed E-state index contributed by atoms with van der Waals surface area (Å²) in [5.74, 6) is -0.761. The summed E-state index contributed by atoms with van der Waals surface area (Å²) in [5, 5.41) is 5.70. The van der Waals surface area contributed by atoms with Crippen molar-refractivity contribution in [3.05, 3.63) is 46.5 Å². The Morgan fingerprint density at radius 1 is 1.25 bits per heavy atom. The number of carbonyl (C=O) groups is 2. The lowest BCUT2D eigenvalue weighted by Gasteiger charge is -2.17. The van der Waals surface area contributed by atoms with E-state index in [9.17, 15) is 14.0 Å². The lowest BCUT2D eigenvalue weighted by Crippen LogP contribution is -2.33. The molecule has 1 aromatic heterocycles. The van der Waals surface area contributed by atoms with Crippen molar-refractivity contribution in [1.82, 2.24) is 9.88 Å². The number of hydrogen-bond acceptors (Lipinski definition) is 3. The van der Waals surface area contributed by atoms with E-state index in [1.807, 2.05) is 32.6 Å². The first kappa shape index (κ1) is 19.8. The van der Waals surface area contributed by atoms with Gasteiger partial charge in [-0.15, -0.1) is 0 Å². The van der Waals surface area contributed by atoms with Crippen LogP contribution in [0.2, 0.25) is 0 Å². The van der Waals surface area contributed by atoms with Crippen molar-refractivity contribution in [3.8, 4) is 0 Å². The van der Waals surface area contributed by atoms with E-state index < -0.39 is 5.82 Å². The topological polar surface area (TPSA) is 77.2 Å². The minimum atomic E-state index is -0.398. The van der Waals surface area contributed by atoms with Gasteiger partial charge in [-0.3, -0.25) is 14.5 Å². The molecular formula is C21H25FN4O2. The molecule has 0 spiro atoms. The Bertz CT molecular complexity index is 958. The molecule has 148 valence electrons. The van der Waals surface area contributed by atoms with Gasteiger partial charge in [0.25, 0.3) is 5.91 Å². The third-order valence-corrected chi connectivity index (χ3v) is 5.06. The van der Waals surface area contributed by atoms with E-state index in [0.717, 1.165) is 24.3 Å². The highest BCUT2D eigenvalue weighted by Crippen LogP contribution is 2.35. The Labute approximate surface area is 163 Å². The number of aryl methyl sites for hydroxylation is 1. The molecule has 1 aromatic carbocycles. The molecule has 3 rings (SSSR count). The fourth-order valence-corrected chi connectivity index (χ4v) is 3.38. The average molecular weight is 384 g/mol. The van der Waals surface area contributed by atoms with Crippen molar-refractivity contribution in [2.24, 2.45) is 0 Å². The minimum Gasteiger partial charge on any atom is -0.357 e. The highest BCUT2D eigenvalue weighted by molar-refractivity contribution is 6.34. The summed E-state index contributed by atoms with van der Waals surface area (Å²) in [5.41, 5.74) is 4.56. The summed E-state index contributed by atoms with van der Waals surface area (Å²) >= 11 is 0. The molecule has 2 aromatic rings. The van der Waals surface area contributed by atoms with Crippen molar-refractivity contribution in [1.29, 1.82) is 0 Å². The highest BCUT2D eigenvalue weighted by Gasteiger charge is 2.25. The van der Waals surface area contributed by atoms with Gasteiger partial charge < -0.3 is 15.6 Å². The molecule has 28 heavy (non-hydrogen) atoms. The number of rotatable bonds is 6. The number of nitrogens with one attached hydrogen (secondary N) is 3. The van der Waals surface area contributed by atoms with E-state index in [-0.39, 0.29) is 11.8 Å². The van der Waals surface area contributed by atoms with Crippen LogP contribution in [-0.2, 0) is 9.59 Å². The van der Waals surface area contributed by atoms with Gasteiger partial charge in [0.1, 0.15) is 5.82 Å². The Kier molecular flexibility index (Phi) is 5.65. The maximum atomic E-state index is 13.6. The Morgan fingerprint density at radius 2 is 1.96 bits per heavy atom. The quantitative estimate of drug-likeness (QED) is 0.667. The van der Waals surface area contributed by atoms with E-state index in [0.29, 0.717) is 34.8 Å². The smallest absolute Gasteiger partial charge is 0.256 e. The fraction of sp³-hybridized carbons (Fsp3) is 0.333. The number of fused-ring (bicyclic) bond motifs is 1. The number of aromatic nitrogens is 1. The monoisotopic (exact) mass is 384 g/mol. The second-order valence-corrected chi connectivity index (χ2v) is 6.88. The highest BCUT2D eigenvalue weighted by atomic mass is 19.1. The van der Waals surface area contributed by atoms with Crippen molar-refractivity contribution in [2.45, 2.75) is 27.7 Å². The zero-order valence-electron chi connectivity index (χ0n) is 16.6. The molecule has 0 fully saturated rings. The van der Waals surface area contributed by atoms with Crippen LogP contribution >= 0.6 is 0 Å². The molecule has 0 aliphatic carbocycles. The Balaban J connectivity index is 1.89. The molecule has 0 bridgehead atoms. The number of anilines is 2. The zero-order valence-corrected chi connectivity index (χ0v) is 16.6. The van der Waals surface area contributed by atoms with Crippen LogP contribution in [0.1, 0.15) is 36.4 Å². The van der Waals surface area contributed by atoms with Gasteiger partial charge in [-0.05, 0) is 56.8 Å². The van der Waals surface area contributed by atoms with E-state index >= 15 is 0 Å². The molecule has 1 aliphatic heterocycles. The van der Waals surface area contributed by atoms with Crippen molar-refractivity contribution < 1.29 is 14.0 Å². The SMILES string of the molecule is CCN(CC)CC(=O)Nc1c(C)[nH]c(/C=C2\C(=O)Nc3ccc(F)cc32)c1C. The normalized spacial score (nSPS) is 14.5. The van der Waals surface area contributed by atoms with E-state index in [4.69, 9.17) is 0 Å². The zero-order chi connectivity index (χ0) is 20.4. The summed E-state index contributed by atoms with van der Waals surface area (Å²) in [7, 11) is 0. The molecule has 3 N–H and O–H groups in total. The number of hydrogen-bond donors (Lipinski definition) is 3. The van der Waals surface area contributed by atoms with Crippen LogP contribution < -0.4 is 10.6 Å². The first-order valence-electron chi connectivity index (χ1n) is 9.38. The molecule has 2 amide bonds. The summed E-state index contributed by atoms with van der Waals surface area (Å²) in [6, 6.07) is 4.21. The standard InChI is InChI=1S/C21H25FN4O2/c1-5-26(6-2)11-19(27)25-20-12(3)18(23-13(20)4)10-16-15-9-14(22)7-8-17(15)24-21(16)28/h7-10,23H,5-6,11H2,1-4H3,(H,24,28)(H,25,27)/b16-10-. The van der Waals surface area contributed by atoms with Gasteiger partial charge in [-0.2, -0.15) is 0 Å². The average Bonchev–Trinajstić information content (AvgIpc) is 3.10. The number of nitrogens with zero attached hydrogens (tertiary/aromatic N) is 1. The van der Waals surface area contributed by atoms with Gasteiger partial charge >= 0.3 is 0 Å². The van der Waals surface area contributed by atoms with Crippen LogP contribution in [0.5, 0.6) is 0 Å². The predicted molar refractivity (Wildman–Crippen MR) is 110 cm³/mol. The number of likely N-dealkylation sites (N-methyl/N-ethyl adjacent to an activating group) is 1. The molecular weight excluding hydrogens is 359 g/mol. The third kappa shape index (κ3) is 3.84. The van der Waals surface area contributed by atoms with Crippen LogP contribution in [0, 0.1) is 19.7 Å². The largest absolute Gasteiger partial charge is 0.357 e. The summed E-state index contributed by atoms with van der Waals surface area (Å²) in [6.45, 7) is 9.70. The van der Waals surface area contributed by atoms with Gasteiger partial charge in [0.2, 0.25) is 5.91 Å². The lowest BCUT2D eigenvalue weighted by atomic mass is 10.0. The number of aromatic amines is 1. The molecule has 6 nitrogen and oxygen atoms in total. The van der Waals surface area contributed by atoms with Crippen LogP contribution in [0.25, 0.3) is 11.6 Å². The Hall–Kier alpha value is -2.93. The summed E-state index contributed by atoms with van der Waals surface area (Å²) in [4.78, 5) is 29.9. The van der Waals surface area contributed by atoms with Gasteiger partial charge in [-0.25, -0.2) is 4.39 Å². The maximum Gasteiger partial charge on any atom is 0.256 e. The molecule has 0 atom stereocenters. The Morgan fingerprint density at radius 3 is 2.64 bits per heavy atom. The van der Waals surface area contributed by atoms with Crippen molar-refractivity contribution in [3.63, 3.8) is 0 Å². The summed E-state index contributed by atoms with van der Waals surface area (Å²) in [6.07, 6.45) is 1.70. The first-order chi connectivity index (χ1) is 13.3. The maximum absolute atomic E-state index is 13.6. The number of amides is 2. The lowest BCUT2D eigenvalue weighted by molar-refractivity contribution is -0.117. The van der Waals surface area contributed by atoms with Crippen LogP contribution in [0.15, 0.2) is 18.2 Å². The van der Waals surface area contributed by atoms with E-state index in [2.05, 4.69) is 15.6 Å². The van der Waals surface area contributed by atoms with E-state index in [1.165, 1.54) is 12.1 Å². The molecule has 0 saturated carbocycles. The van der Waals surface area contributed by atoms with Crippen LogP contribution in [-0.4, -0.2) is 41.3 Å². The molecule has 0 radical (unpaired) electrons. The molecule has 0 saturated heterocycles. The number of halogens is 1. The third-order valence-electron chi connectivity index (χ3n) is 5.06. The van der Waals surface area contributed by atoms with Gasteiger partial charge in [0.15, 0.2) is 0 Å². The summed E-state index contributed by atoms with van der Waals surface area (Å²) < 4.78 is 13.6. The molecule has 0 unspecified atom stereocenters. The van der Waals surface area contributed by atoms with Gasteiger partial charge in [0.05, 0.1) is 17.8 Å². The van der Waals surface area contributed by atoms with Crippen LogP contribution in [0.4, 0.5) is 15.8 Å². The molecule has 1 aliphatic rings. The van der Waals surface area contributed by atoms with Crippen molar-refractivity contribution in [2.75, 3.05) is 30.3 Å². The van der Waals surface area contributed by atoms with Crippen LogP contribution in [0.3, 0.4) is 0 Å².